The molecule has 1 aromatic rings. The minimum atomic E-state index is -10.7. The number of β-amino-alcohol motifs (C(OH)–C–C–N with tert-alkyl or cyclic N) is 1. The molecule has 2 rings (SSSR count). The number of aliphatic hydroxyl groups is 1. The SMILES string of the molecule is Cc1cc(C)c(N2C=[N+](CCO)CC2)c(C)c1.F[P-](F)(F)(F)(F)F. The first-order chi connectivity index (χ1) is 10.6. The number of hydrogen-bond donors (Lipinski definition) is 1. The van der Waals surface area contributed by atoms with Crippen LogP contribution in [0.3, 0.4) is 0 Å². The summed E-state index contributed by atoms with van der Waals surface area (Å²) in [5, 5.41) is 8.95. The number of nitrogens with zero attached hydrogens (tertiary/aromatic N) is 2. The third-order valence-electron chi connectivity index (χ3n) is 3.24. The predicted molar refractivity (Wildman–Crippen MR) is 84.7 cm³/mol. The summed E-state index contributed by atoms with van der Waals surface area (Å²) in [5.41, 5.74) is 5.28. The second kappa shape index (κ2) is 6.19. The van der Waals surface area contributed by atoms with Gasteiger partial charge in [-0.3, -0.25) is 4.58 Å². The summed E-state index contributed by atoms with van der Waals surface area (Å²) in [6.45, 7) is 9.40. The Morgan fingerprint density at radius 3 is 1.92 bits per heavy atom. The Bertz CT molecular complexity index is 608. The van der Waals surface area contributed by atoms with E-state index in [1.807, 2.05) is 0 Å². The molecule has 0 fully saturated rings. The molecule has 0 unspecified atom stereocenters. The molecule has 0 aliphatic carbocycles. The van der Waals surface area contributed by atoms with Crippen LogP contribution in [0.25, 0.3) is 0 Å². The summed E-state index contributed by atoms with van der Waals surface area (Å²) in [7, 11) is -10.7. The van der Waals surface area contributed by atoms with Gasteiger partial charge in [-0.15, -0.1) is 0 Å². The van der Waals surface area contributed by atoms with Crippen LogP contribution in [-0.2, 0) is 0 Å². The van der Waals surface area contributed by atoms with Crippen molar-refractivity contribution in [2.75, 3.05) is 31.1 Å². The summed E-state index contributed by atoms with van der Waals surface area (Å²) in [5.74, 6) is 0. The van der Waals surface area contributed by atoms with Gasteiger partial charge < -0.3 is 5.11 Å². The first-order valence-corrected chi connectivity index (χ1v) is 9.20. The molecule has 0 atom stereocenters. The van der Waals surface area contributed by atoms with E-state index in [1.165, 1.54) is 22.4 Å². The average Bonchev–Trinajstić information content (AvgIpc) is 2.72. The van der Waals surface area contributed by atoms with E-state index in [0.717, 1.165) is 19.6 Å². The van der Waals surface area contributed by atoms with Gasteiger partial charge in [0.15, 0.2) is 0 Å². The number of rotatable bonds is 3. The van der Waals surface area contributed by atoms with Crippen molar-refractivity contribution in [1.29, 1.82) is 0 Å². The zero-order valence-corrected chi connectivity index (χ0v) is 14.5. The fourth-order valence-electron chi connectivity index (χ4n) is 2.64. The molecule has 0 aromatic heterocycles. The van der Waals surface area contributed by atoms with Crippen LogP contribution in [-0.4, -0.2) is 42.3 Å². The van der Waals surface area contributed by atoms with Crippen LogP contribution in [0.4, 0.5) is 30.9 Å². The van der Waals surface area contributed by atoms with Crippen molar-refractivity contribution in [3.05, 3.63) is 28.8 Å². The van der Waals surface area contributed by atoms with Crippen LogP contribution in [0.15, 0.2) is 12.1 Å². The van der Waals surface area contributed by atoms with Gasteiger partial charge in [0.25, 0.3) is 0 Å². The Morgan fingerprint density at radius 1 is 1.04 bits per heavy atom. The molecule has 1 aliphatic rings. The molecule has 0 radical (unpaired) electrons. The van der Waals surface area contributed by atoms with Gasteiger partial charge in [-0.2, -0.15) is 0 Å². The molecule has 24 heavy (non-hydrogen) atoms. The number of hydrogen-bond acceptors (Lipinski definition) is 2. The molecule has 1 aliphatic heterocycles. The van der Waals surface area contributed by atoms with Crippen LogP contribution in [0.2, 0.25) is 0 Å². The fourth-order valence-corrected chi connectivity index (χ4v) is 2.64. The van der Waals surface area contributed by atoms with Crippen molar-refractivity contribution in [3.63, 3.8) is 0 Å². The quantitative estimate of drug-likeness (QED) is 0.463. The zero-order chi connectivity index (χ0) is 18.8. The standard InChI is InChI=1S/C14H21N2O.F6P/c1-11-8-12(2)14(13(3)9-11)16-5-4-15(10-16)6-7-17;1-7(2,3,4,5)6/h8-10,17H,4-7H2,1-3H3;/q+1;-1. The molecule has 0 amide bonds. The Balaban J connectivity index is 0.000000351. The summed E-state index contributed by atoms with van der Waals surface area (Å²) in [4.78, 5) is 2.29. The maximum atomic E-state index is 9.87. The maximum absolute atomic E-state index is 10.7. The molecule has 10 heteroatoms. The summed E-state index contributed by atoms with van der Waals surface area (Å²) < 4.78 is 61.4. The number of halogens is 6. The number of aryl methyl sites for hydroxylation is 3. The molecular formula is C14H21F6N2OP. The second-order valence-corrected chi connectivity index (χ2v) is 7.69. The molecule has 140 valence electrons. The van der Waals surface area contributed by atoms with E-state index in [0.29, 0.717) is 0 Å². The normalized spacial score (nSPS) is 17.6. The molecule has 0 saturated carbocycles. The van der Waals surface area contributed by atoms with Gasteiger partial charge in [0.1, 0.15) is 25.3 Å². The molecule has 3 nitrogen and oxygen atoms in total. The molecule has 0 spiro atoms. The first-order valence-electron chi connectivity index (χ1n) is 7.17. The molecule has 1 aromatic carbocycles. The number of benzene rings is 1. The van der Waals surface area contributed by atoms with Crippen LogP contribution in [0.1, 0.15) is 16.7 Å². The molecule has 0 saturated heterocycles. The van der Waals surface area contributed by atoms with Crippen LogP contribution in [0.5, 0.6) is 0 Å². The van der Waals surface area contributed by atoms with Gasteiger partial charge in [0.05, 0.1) is 6.61 Å². The van der Waals surface area contributed by atoms with Gasteiger partial charge in [-0.25, -0.2) is 4.90 Å². The van der Waals surface area contributed by atoms with Crippen LogP contribution >= 0.6 is 7.81 Å². The van der Waals surface area contributed by atoms with Crippen molar-refractivity contribution >= 4 is 19.8 Å². The number of anilines is 1. The Hall–Kier alpha value is -1.34. The Kier molecular flexibility index (Phi) is 5.34. The third kappa shape index (κ3) is 8.49. The third-order valence-corrected chi connectivity index (χ3v) is 3.24. The number of aliphatic hydroxyl groups excluding tert-OH is 1. The predicted octanol–water partition coefficient (Wildman–Crippen LogP) is 4.85. The van der Waals surface area contributed by atoms with Crippen molar-refractivity contribution in [2.45, 2.75) is 20.8 Å². The minimum absolute atomic E-state index is 0.218. The zero-order valence-electron chi connectivity index (χ0n) is 13.6. The Morgan fingerprint density at radius 2 is 1.50 bits per heavy atom. The van der Waals surface area contributed by atoms with E-state index in [2.05, 4.69) is 48.7 Å². The van der Waals surface area contributed by atoms with Gasteiger partial charge in [-0.05, 0) is 31.9 Å². The second-order valence-electron chi connectivity index (χ2n) is 5.77. The van der Waals surface area contributed by atoms with E-state index in [1.54, 1.807) is 0 Å². The van der Waals surface area contributed by atoms with E-state index >= 15 is 0 Å². The van der Waals surface area contributed by atoms with E-state index < -0.39 is 7.81 Å². The molecule has 1 heterocycles. The van der Waals surface area contributed by atoms with Crippen molar-refractivity contribution in [3.8, 4) is 0 Å². The van der Waals surface area contributed by atoms with Gasteiger partial charge in [-0.1, -0.05) is 17.7 Å². The van der Waals surface area contributed by atoms with Crippen molar-refractivity contribution in [2.24, 2.45) is 0 Å². The van der Waals surface area contributed by atoms with Crippen LogP contribution < -0.4 is 4.90 Å². The van der Waals surface area contributed by atoms with Gasteiger partial charge in [0.2, 0.25) is 6.34 Å². The van der Waals surface area contributed by atoms with Gasteiger partial charge >= 0.3 is 33.0 Å². The summed E-state index contributed by atoms with van der Waals surface area (Å²) in [6.07, 6.45) is 2.13. The fraction of sp³-hybridized carbons (Fsp3) is 0.500. The topological polar surface area (TPSA) is 26.5 Å². The summed E-state index contributed by atoms with van der Waals surface area (Å²) >= 11 is 0. The van der Waals surface area contributed by atoms with E-state index in [-0.39, 0.29) is 6.61 Å². The molecule has 0 bridgehead atoms. The van der Waals surface area contributed by atoms with Crippen molar-refractivity contribution in [1.82, 2.24) is 0 Å². The van der Waals surface area contributed by atoms with E-state index in [9.17, 15) is 25.2 Å². The van der Waals surface area contributed by atoms with Gasteiger partial charge in [0, 0.05) is 0 Å². The Labute approximate surface area is 136 Å². The first kappa shape index (κ1) is 20.7. The molecular weight excluding hydrogens is 357 g/mol. The summed E-state index contributed by atoms with van der Waals surface area (Å²) in [6, 6.07) is 4.45. The van der Waals surface area contributed by atoms with Crippen molar-refractivity contribution < 1.29 is 34.9 Å². The van der Waals surface area contributed by atoms with Crippen LogP contribution in [0, 0.1) is 20.8 Å². The van der Waals surface area contributed by atoms with E-state index in [4.69, 9.17) is 5.11 Å². The monoisotopic (exact) mass is 378 g/mol. The molecule has 1 N–H and O–H groups in total. The average molecular weight is 378 g/mol.